The first kappa shape index (κ1) is 14.2. The maximum atomic E-state index is 11.7. The molecule has 4 heteroatoms. The van der Waals surface area contributed by atoms with E-state index in [0.29, 0.717) is 11.2 Å². The molecule has 2 rings (SSSR count). The van der Waals surface area contributed by atoms with E-state index in [9.17, 15) is 9.90 Å². The topological polar surface area (TPSA) is 49.3 Å². The highest BCUT2D eigenvalue weighted by Gasteiger charge is 2.51. The zero-order valence-corrected chi connectivity index (χ0v) is 12.1. The first-order chi connectivity index (χ1) is 8.69. The molecule has 0 aromatic carbocycles. The molecule has 0 saturated heterocycles. The van der Waals surface area contributed by atoms with E-state index in [-0.39, 0.29) is 0 Å². The Kier molecular flexibility index (Phi) is 4.96. The van der Waals surface area contributed by atoms with Crippen LogP contribution in [0.3, 0.4) is 0 Å². The minimum absolute atomic E-state index is 0.357. The van der Waals surface area contributed by atoms with Crippen LogP contribution in [-0.2, 0) is 4.79 Å². The van der Waals surface area contributed by atoms with Crippen LogP contribution in [0.15, 0.2) is 0 Å². The number of carboxylic acid groups (broad SMARTS) is 1. The van der Waals surface area contributed by atoms with Gasteiger partial charge in [-0.05, 0) is 44.6 Å². The predicted molar refractivity (Wildman–Crippen MR) is 76.1 cm³/mol. The van der Waals surface area contributed by atoms with Crippen molar-refractivity contribution < 1.29 is 9.90 Å². The number of nitrogens with one attached hydrogen (secondary N) is 1. The molecular formula is C14H25NO2S. The van der Waals surface area contributed by atoms with E-state index in [2.05, 4.69) is 12.2 Å². The Morgan fingerprint density at radius 3 is 2.50 bits per heavy atom. The fourth-order valence-electron chi connectivity index (χ4n) is 2.85. The second-order valence-electron chi connectivity index (χ2n) is 5.70. The second kappa shape index (κ2) is 6.29. The molecule has 18 heavy (non-hydrogen) atoms. The number of carboxylic acids is 1. The average molecular weight is 271 g/mol. The Labute approximate surface area is 114 Å². The van der Waals surface area contributed by atoms with Gasteiger partial charge in [0.1, 0.15) is 5.54 Å². The standard InChI is InChI=1S/C14H25NO2S/c1-2-9-15-14(13(16)17,11-7-8-11)10-18-12-5-3-4-6-12/h11-12,15H,2-10H2,1H3,(H,16,17). The summed E-state index contributed by atoms with van der Waals surface area (Å²) in [6.45, 7) is 2.91. The molecule has 0 aliphatic heterocycles. The molecule has 0 heterocycles. The van der Waals surface area contributed by atoms with Crippen molar-refractivity contribution in [3.63, 3.8) is 0 Å². The normalized spacial score (nSPS) is 24.1. The van der Waals surface area contributed by atoms with Crippen LogP contribution >= 0.6 is 11.8 Å². The molecule has 2 fully saturated rings. The van der Waals surface area contributed by atoms with Crippen molar-refractivity contribution in [1.29, 1.82) is 0 Å². The van der Waals surface area contributed by atoms with Gasteiger partial charge in [-0.25, -0.2) is 0 Å². The molecule has 3 nitrogen and oxygen atoms in total. The van der Waals surface area contributed by atoms with Crippen LogP contribution in [0.4, 0.5) is 0 Å². The highest BCUT2D eigenvalue weighted by Crippen LogP contribution is 2.43. The van der Waals surface area contributed by atoms with Crippen molar-refractivity contribution >= 4 is 17.7 Å². The van der Waals surface area contributed by atoms with Crippen molar-refractivity contribution in [3.05, 3.63) is 0 Å². The van der Waals surface area contributed by atoms with Gasteiger partial charge in [-0.2, -0.15) is 11.8 Å². The summed E-state index contributed by atoms with van der Waals surface area (Å²) in [6, 6.07) is 0. The van der Waals surface area contributed by atoms with Crippen LogP contribution < -0.4 is 5.32 Å². The summed E-state index contributed by atoms with van der Waals surface area (Å²) in [5.74, 6) is 0.469. The average Bonchev–Trinajstić information content (AvgIpc) is 3.07. The third kappa shape index (κ3) is 3.21. The number of aliphatic carboxylic acids is 1. The van der Waals surface area contributed by atoms with Crippen molar-refractivity contribution in [2.24, 2.45) is 5.92 Å². The van der Waals surface area contributed by atoms with Crippen molar-refractivity contribution in [3.8, 4) is 0 Å². The quantitative estimate of drug-likeness (QED) is 0.712. The Balaban J connectivity index is 1.95. The summed E-state index contributed by atoms with van der Waals surface area (Å²) < 4.78 is 0. The zero-order chi connectivity index (χ0) is 13.0. The van der Waals surface area contributed by atoms with Gasteiger partial charge in [0, 0.05) is 11.0 Å². The fourth-order valence-corrected chi connectivity index (χ4v) is 4.48. The lowest BCUT2D eigenvalue weighted by Crippen LogP contribution is -2.56. The molecule has 1 unspecified atom stereocenters. The van der Waals surface area contributed by atoms with E-state index >= 15 is 0 Å². The number of rotatable bonds is 8. The van der Waals surface area contributed by atoms with Crippen LogP contribution in [-0.4, -0.2) is 34.2 Å². The molecule has 2 aliphatic carbocycles. The van der Waals surface area contributed by atoms with Crippen LogP contribution in [0.5, 0.6) is 0 Å². The van der Waals surface area contributed by atoms with Crippen LogP contribution in [0.2, 0.25) is 0 Å². The Morgan fingerprint density at radius 2 is 2.00 bits per heavy atom. The molecule has 0 bridgehead atoms. The first-order valence-corrected chi connectivity index (χ1v) is 8.34. The van der Waals surface area contributed by atoms with Gasteiger partial charge >= 0.3 is 5.97 Å². The molecule has 0 aromatic rings. The van der Waals surface area contributed by atoms with Crippen molar-refractivity contribution in [2.45, 2.75) is 62.7 Å². The molecule has 0 aromatic heterocycles. The second-order valence-corrected chi connectivity index (χ2v) is 6.98. The molecule has 2 aliphatic rings. The molecule has 0 amide bonds. The summed E-state index contributed by atoms with van der Waals surface area (Å²) in [7, 11) is 0. The smallest absolute Gasteiger partial charge is 0.325 e. The van der Waals surface area contributed by atoms with E-state index in [1.54, 1.807) is 0 Å². The summed E-state index contributed by atoms with van der Waals surface area (Å²) in [5, 5.41) is 13.7. The van der Waals surface area contributed by atoms with Crippen molar-refractivity contribution in [1.82, 2.24) is 5.32 Å². The highest BCUT2D eigenvalue weighted by atomic mass is 32.2. The minimum atomic E-state index is -0.650. The molecule has 0 radical (unpaired) electrons. The largest absolute Gasteiger partial charge is 0.480 e. The maximum Gasteiger partial charge on any atom is 0.325 e. The van der Waals surface area contributed by atoms with Crippen LogP contribution in [0.25, 0.3) is 0 Å². The number of hydrogen-bond donors (Lipinski definition) is 2. The maximum absolute atomic E-state index is 11.7. The Hall–Kier alpha value is -0.220. The highest BCUT2D eigenvalue weighted by molar-refractivity contribution is 8.00. The van der Waals surface area contributed by atoms with Gasteiger partial charge in [-0.15, -0.1) is 0 Å². The molecular weight excluding hydrogens is 246 g/mol. The predicted octanol–water partition coefficient (Wildman–Crippen LogP) is 2.90. The third-order valence-corrected chi connectivity index (χ3v) is 5.76. The summed E-state index contributed by atoms with van der Waals surface area (Å²) in [6.07, 6.45) is 8.35. The monoisotopic (exact) mass is 271 g/mol. The van der Waals surface area contributed by atoms with E-state index < -0.39 is 11.5 Å². The van der Waals surface area contributed by atoms with E-state index in [1.165, 1.54) is 25.7 Å². The summed E-state index contributed by atoms with van der Waals surface area (Å²) in [4.78, 5) is 11.7. The molecule has 104 valence electrons. The molecule has 2 saturated carbocycles. The SMILES string of the molecule is CCCNC(CSC1CCCC1)(C(=O)O)C1CC1. The molecule has 1 atom stereocenters. The lowest BCUT2D eigenvalue weighted by Gasteiger charge is -2.31. The van der Waals surface area contributed by atoms with Gasteiger partial charge in [0.15, 0.2) is 0 Å². The third-order valence-electron chi connectivity index (χ3n) is 4.20. The van der Waals surface area contributed by atoms with Crippen LogP contribution in [0.1, 0.15) is 51.9 Å². The van der Waals surface area contributed by atoms with Gasteiger partial charge < -0.3 is 10.4 Å². The summed E-state index contributed by atoms with van der Waals surface area (Å²) in [5.41, 5.74) is -0.650. The first-order valence-electron chi connectivity index (χ1n) is 7.29. The summed E-state index contributed by atoms with van der Waals surface area (Å²) >= 11 is 1.89. The zero-order valence-electron chi connectivity index (χ0n) is 11.3. The number of carbonyl (C=O) groups is 1. The number of thioether (sulfide) groups is 1. The van der Waals surface area contributed by atoms with E-state index in [1.807, 2.05) is 11.8 Å². The van der Waals surface area contributed by atoms with Gasteiger partial charge in [0.25, 0.3) is 0 Å². The minimum Gasteiger partial charge on any atom is -0.480 e. The lowest BCUT2D eigenvalue weighted by atomic mass is 9.95. The fraction of sp³-hybridized carbons (Fsp3) is 0.929. The van der Waals surface area contributed by atoms with Crippen LogP contribution in [0, 0.1) is 5.92 Å². The Bertz CT molecular complexity index is 288. The van der Waals surface area contributed by atoms with Gasteiger partial charge in [0.2, 0.25) is 0 Å². The van der Waals surface area contributed by atoms with Gasteiger partial charge in [0.05, 0.1) is 0 Å². The molecule has 0 spiro atoms. The van der Waals surface area contributed by atoms with Gasteiger partial charge in [-0.1, -0.05) is 19.8 Å². The van der Waals surface area contributed by atoms with E-state index in [4.69, 9.17) is 0 Å². The van der Waals surface area contributed by atoms with Crippen molar-refractivity contribution in [2.75, 3.05) is 12.3 Å². The Morgan fingerprint density at radius 1 is 1.33 bits per heavy atom. The number of hydrogen-bond acceptors (Lipinski definition) is 3. The lowest BCUT2D eigenvalue weighted by molar-refractivity contribution is -0.144. The van der Waals surface area contributed by atoms with Gasteiger partial charge in [-0.3, -0.25) is 4.79 Å². The molecule has 2 N–H and O–H groups in total. The van der Waals surface area contributed by atoms with E-state index in [0.717, 1.165) is 31.6 Å².